The van der Waals surface area contributed by atoms with Gasteiger partial charge in [-0.3, -0.25) is 0 Å². The Kier molecular flexibility index (Phi) is 3.41. The Morgan fingerprint density at radius 3 is 1.75 bits per heavy atom. The van der Waals surface area contributed by atoms with E-state index in [-0.39, 0.29) is 4.90 Å². The van der Waals surface area contributed by atoms with Gasteiger partial charge in [0.25, 0.3) is 10.0 Å². The van der Waals surface area contributed by atoms with Crippen LogP contribution < -0.4 is 4.13 Å². The van der Waals surface area contributed by atoms with Gasteiger partial charge in [-0.2, -0.15) is 0 Å². The fourth-order valence-electron chi connectivity index (χ4n) is 1.34. The van der Waals surface area contributed by atoms with Crippen LogP contribution in [0.4, 0.5) is 0 Å². The summed E-state index contributed by atoms with van der Waals surface area (Å²) in [4.78, 5) is -0.0459. The summed E-state index contributed by atoms with van der Waals surface area (Å²) in [5.41, 5.74) is 1.52. The minimum Gasteiger partial charge on any atom is -0.212 e. The molecule has 0 heterocycles. The summed E-state index contributed by atoms with van der Waals surface area (Å²) in [7, 11) is -7.79. The van der Waals surface area contributed by atoms with Crippen LogP contribution in [0.2, 0.25) is 0 Å². The second kappa shape index (κ2) is 4.15. The lowest BCUT2D eigenvalue weighted by Crippen LogP contribution is -2.29. The molecule has 1 aromatic rings. The first-order valence-corrected chi connectivity index (χ1v) is 7.79. The third-order valence-electron chi connectivity index (χ3n) is 1.77. The van der Waals surface area contributed by atoms with Gasteiger partial charge in [0.05, 0.1) is 11.2 Å². The standard InChI is InChI=1S/C9H13NO4S2/c1-7-4-8(2)6-9(5-7)16(13,14)10-15(3,11)12/h4-6,10H,1-3H3. The molecular formula is C9H13NO4S2. The zero-order chi connectivity index (χ0) is 12.6. The van der Waals surface area contributed by atoms with Gasteiger partial charge in [0, 0.05) is 0 Å². The van der Waals surface area contributed by atoms with Gasteiger partial charge < -0.3 is 0 Å². The molecule has 5 nitrogen and oxygen atoms in total. The first kappa shape index (κ1) is 13.1. The summed E-state index contributed by atoms with van der Waals surface area (Å²) in [6, 6.07) is 4.64. The Labute approximate surface area is 95.6 Å². The quantitative estimate of drug-likeness (QED) is 0.863. The van der Waals surface area contributed by atoms with Crippen molar-refractivity contribution in [1.82, 2.24) is 4.13 Å². The first-order chi connectivity index (χ1) is 7.10. The van der Waals surface area contributed by atoms with E-state index in [9.17, 15) is 16.8 Å². The van der Waals surface area contributed by atoms with Crippen molar-refractivity contribution in [2.75, 3.05) is 6.26 Å². The highest BCUT2D eigenvalue weighted by molar-refractivity contribution is 8.04. The number of benzene rings is 1. The van der Waals surface area contributed by atoms with Gasteiger partial charge in [-0.25, -0.2) is 16.8 Å². The van der Waals surface area contributed by atoms with E-state index in [0.717, 1.165) is 17.4 Å². The lowest BCUT2D eigenvalue weighted by molar-refractivity contribution is 0.580. The van der Waals surface area contributed by atoms with Gasteiger partial charge in [-0.05, 0) is 37.1 Å². The summed E-state index contributed by atoms with van der Waals surface area (Å²) < 4.78 is 46.7. The Morgan fingerprint density at radius 1 is 0.938 bits per heavy atom. The topological polar surface area (TPSA) is 80.3 Å². The normalized spacial score (nSPS) is 12.7. The molecule has 0 aromatic heterocycles. The summed E-state index contributed by atoms with van der Waals surface area (Å²) in [6.07, 6.45) is 0.799. The van der Waals surface area contributed by atoms with Crippen LogP contribution in [0.3, 0.4) is 0 Å². The van der Waals surface area contributed by atoms with E-state index in [0.29, 0.717) is 0 Å². The lowest BCUT2D eigenvalue weighted by atomic mass is 10.2. The summed E-state index contributed by atoms with van der Waals surface area (Å²) in [5, 5.41) is 0. The van der Waals surface area contributed by atoms with Crippen molar-refractivity contribution in [3.05, 3.63) is 29.3 Å². The zero-order valence-electron chi connectivity index (χ0n) is 9.18. The van der Waals surface area contributed by atoms with Crippen LogP contribution in [0.1, 0.15) is 11.1 Å². The molecule has 0 amide bonds. The van der Waals surface area contributed by atoms with Crippen LogP contribution >= 0.6 is 0 Å². The second-order valence-electron chi connectivity index (χ2n) is 3.68. The fourth-order valence-corrected chi connectivity index (χ4v) is 4.00. The highest BCUT2D eigenvalue weighted by Crippen LogP contribution is 2.14. The number of hydrogen-bond donors (Lipinski definition) is 1. The average molecular weight is 263 g/mol. The maximum Gasteiger partial charge on any atom is 0.253 e. The molecule has 16 heavy (non-hydrogen) atoms. The predicted molar refractivity (Wildman–Crippen MR) is 61.1 cm³/mol. The number of hydrogen-bond acceptors (Lipinski definition) is 4. The monoisotopic (exact) mass is 263 g/mol. The molecule has 1 aromatic carbocycles. The number of aryl methyl sites for hydroxylation is 2. The van der Waals surface area contributed by atoms with Crippen LogP contribution in [0.5, 0.6) is 0 Å². The SMILES string of the molecule is Cc1cc(C)cc(S(=O)(=O)NS(C)(=O)=O)c1. The third-order valence-corrected chi connectivity index (χ3v) is 4.71. The maximum atomic E-state index is 11.7. The predicted octanol–water partition coefficient (Wildman–Crippen LogP) is 0.541. The Balaban J connectivity index is 3.28. The second-order valence-corrected chi connectivity index (χ2v) is 7.37. The molecule has 0 aliphatic rings. The van der Waals surface area contributed by atoms with Gasteiger partial charge in [0.1, 0.15) is 0 Å². The third kappa shape index (κ3) is 3.58. The molecule has 0 fully saturated rings. The molecule has 0 aliphatic heterocycles. The molecular weight excluding hydrogens is 250 g/mol. The largest absolute Gasteiger partial charge is 0.253 e. The van der Waals surface area contributed by atoms with Crippen LogP contribution in [-0.4, -0.2) is 23.1 Å². The van der Waals surface area contributed by atoms with Crippen molar-refractivity contribution in [2.24, 2.45) is 0 Å². The molecule has 0 saturated heterocycles. The van der Waals surface area contributed by atoms with E-state index in [1.54, 1.807) is 24.0 Å². The van der Waals surface area contributed by atoms with Gasteiger partial charge in [0.2, 0.25) is 10.0 Å². The molecule has 0 unspecified atom stereocenters. The summed E-state index contributed by atoms with van der Waals surface area (Å²) >= 11 is 0. The Hall–Kier alpha value is -0.920. The van der Waals surface area contributed by atoms with Crippen LogP contribution in [0.25, 0.3) is 0 Å². The van der Waals surface area contributed by atoms with Gasteiger partial charge in [-0.15, -0.1) is 4.13 Å². The molecule has 0 atom stereocenters. The van der Waals surface area contributed by atoms with Crippen LogP contribution in [0, 0.1) is 13.8 Å². The van der Waals surface area contributed by atoms with Crippen molar-refractivity contribution < 1.29 is 16.8 Å². The van der Waals surface area contributed by atoms with E-state index >= 15 is 0 Å². The van der Waals surface area contributed by atoms with Crippen molar-refractivity contribution in [2.45, 2.75) is 18.7 Å². The first-order valence-electron chi connectivity index (χ1n) is 4.42. The average Bonchev–Trinajstić information content (AvgIpc) is 1.96. The fraction of sp³-hybridized carbons (Fsp3) is 0.333. The minimum atomic E-state index is -4.00. The van der Waals surface area contributed by atoms with Gasteiger partial charge in [0.15, 0.2) is 0 Å². The molecule has 0 bridgehead atoms. The van der Waals surface area contributed by atoms with E-state index in [1.807, 2.05) is 0 Å². The van der Waals surface area contributed by atoms with Crippen molar-refractivity contribution in [1.29, 1.82) is 0 Å². The van der Waals surface area contributed by atoms with Crippen molar-refractivity contribution in [3.8, 4) is 0 Å². The molecule has 1 N–H and O–H groups in total. The van der Waals surface area contributed by atoms with Crippen LogP contribution in [0.15, 0.2) is 23.1 Å². The lowest BCUT2D eigenvalue weighted by Gasteiger charge is -2.06. The van der Waals surface area contributed by atoms with E-state index < -0.39 is 20.0 Å². The van der Waals surface area contributed by atoms with E-state index in [4.69, 9.17) is 0 Å². The highest BCUT2D eigenvalue weighted by atomic mass is 32.3. The summed E-state index contributed by atoms with van der Waals surface area (Å²) in [6.45, 7) is 3.49. The molecule has 0 saturated carbocycles. The summed E-state index contributed by atoms with van der Waals surface area (Å²) in [5.74, 6) is 0. The smallest absolute Gasteiger partial charge is 0.212 e. The minimum absolute atomic E-state index is 0.0459. The zero-order valence-corrected chi connectivity index (χ0v) is 10.8. The number of sulfonamides is 2. The highest BCUT2D eigenvalue weighted by Gasteiger charge is 2.19. The van der Waals surface area contributed by atoms with Gasteiger partial charge in [-0.1, -0.05) is 6.07 Å². The molecule has 0 spiro atoms. The van der Waals surface area contributed by atoms with Gasteiger partial charge >= 0.3 is 0 Å². The Bertz CT molecular complexity index is 582. The number of rotatable bonds is 3. The molecule has 0 radical (unpaired) electrons. The van der Waals surface area contributed by atoms with Crippen molar-refractivity contribution >= 4 is 20.0 Å². The number of nitrogens with one attached hydrogen (secondary N) is 1. The maximum absolute atomic E-state index is 11.7. The van der Waals surface area contributed by atoms with E-state index in [2.05, 4.69) is 0 Å². The van der Waals surface area contributed by atoms with E-state index in [1.165, 1.54) is 12.1 Å². The molecule has 1 rings (SSSR count). The van der Waals surface area contributed by atoms with Crippen molar-refractivity contribution in [3.63, 3.8) is 0 Å². The molecule has 0 aliphatic carbocycles. The molecule has 7 heteroatoms. The molecule has 90 valence electrons. The van der Waals surface area contributed by atoms with Crippen LogP contribution in [-0.2, 0) is 20.0 Å². The Morgan fingerprint density at radius 2 is 1.38 bits per heavy atom.